The van der Waals surface area contributed by atoms with E-state index in [0.29, 0.717) is 22.5 Å². The molecule has 0 aromatic carbocycles. The zero-order chi connectivity index (χ0) is 14.2. The van der Waals surface area contributed by atoms with E-state index in [0.717, 1.165) is 10.4 Å². The number of thiophene rings is 1. The van der Waals surface area contributed by atoms with Crippen molar-refractivity contribution in [1.82, 2.24) is 9.97 Å². The minimum atomic E-state index is -0.549. The molecule has 5 nitrogen and oxygen atoms in total. The normalized spacial score (nSPS) is 12.6. The number of nitrogens with zero attached hydrogens (tertiary/aromatic N) is 1. The summed E-state index contributed by atoms with van der Waals surface area (Å²) in [5.74, 6) is 0.0781. The third-order valence-corrected chi connectivity index (χ3v) is 4.14. The lowest BCUT2D eigenvalue weighted by Crippen LogP contribution is -2.16. The number of esters is 1. The third kappa shape index (κ3) is 2.53. The number of carbonyl (C=O) groups excluding carboxylic acids is 1. The van der Waals surface area contributed by atoms with Crippen LogP contribution in [0.15, 0.2) is 4.79 Å². The fourth-order valence-electron chi connectivity index (χ4n) is 1.80. The molecule has 0 amide bonds. The summed E-state index contributed by atoms with van der Waals surface area (Å²) in [6.45, 7) is 7.29. The standard InChI is InChI=1S/C13H16N2O3S/c1-5-9(16)18-7(3)11-14-12(17)10-6(2)8(4)19-13(10)15-11/h7H,5H2,1-4H3,(H,14,15,17)/t7-/m0/s1. The fourth-order valence-corrected chi connectivity index (χ4v) is 2.84. The molecule has 2 aromatic rings. The summed E-state index contributed by atoms with van der Waals surface area (Å²) in [4.78, 5) is 32.2. The van der Waals surface area contributed by atoms with Gasteiger partial charge >= 0.3 is 5.97 Å². The smallest absolute Gasteiger partial charge is 0.306 e. The molecule has 2 aromatic heterocycles. The van der Waals surface area contributed by atoms with Gasteiger partial charge in [0.05, 0.1) is 5.39 Å². The Morgan fingerprint density at radius 2 is 2.16 bits per heavy atom. The Hall–Kier alpha value is -1.69. The van der Waals surface area contributed by atoms with Crippen LogP contribution in [0.25, 0.3) is 10.2 Å². The average Bonchev–Trinajstić information content (AvgIpc) is 2.65. The molecule has 0 aliphatic rings. The Bertz CT molecular complexity index is 687. The second-order valence-electron chi connectivity index (χ2n) is 4.40. The van der Waals surface area contributed by atoms with Crippen LogP contribution in [0.5, 0.6) is 0 Å². The first-order valence-corrected chi connectivity index (χ1v) is 6.95. The average molecular weight is 280 g/mol. The maximum Gasteiger partial charge on any atom is 0.306 e. The van der Waals surface area contributed by atoms with Crippen LogP contribution >= 0.6 is 11.3 Å². The van der Waals surface area contributed by atoms with E-state index in [1.54, 1.807) is 13.8 Å². The lowest BCUT2D eigenvalue weighted by Gasteiger charge is -2.11. The van der Waals surface area contributed by atoms with Crippen LogP contribution in [-0.4, -0.2) is 15.9 Å². The Labute approximate surface area is 114 Å². The van der Waals surface area contributed by atoms with E-state index in [9.17, 15) is 9.59 Å². The summed E-state index contributed by atoms with van der Waals surface area (Å²) in [6.07, 6.45) is -0.249. The Balaban J connectivity index is 2.46. The molecule has 2 heterocycles. The topological polar surface area (TPSA) is 72.0 Å². The minimum Gasteiger partial charge on any atom is -0.454 e. The van der Waals surface area contributed by atoms with Crippen LogP contribution in [0, 0.1) is 13.8 Å². The van der Waals surface area contributed by atoms with Gasteiger partial charge in [0.25, 0.3) is 5.56 Å². The number of aryl methyl sites for hydroxylation is 2. The number of hydrogen-bond acceptors (Lipinski definition) is 5. The molecule has 2 rings (SSSR count). The number of ether oxygens (including phenoxy) is 1. The van der Waals surface area contributed by atoms with Gasteiger partial charge in [0, 0.05) is 11.3 Å². The predicted octanol–water partition coefficient (Wildman–Crippen LogP) is 2.62. The summed E-state index contributed by atoms with van der Waals surface area (Å²) in [5.41, 5.74) is 0.778. The minimum absolute atomic E-state index is 0.179. The molecule has 0 unspecified atom stereocenters. The molecule has 0 aliphatic carbocycles. The number of aromatic amines is 1. The van der Waals surface area contributed by atoms with Gasteiger partial charge in [-0.2, -0.15) is 0 Å². The fraction of sp³-hybridized carbons (Fsp3) is 0.462. The zero-order valence-electron chi connectivity index (χ0n) is 11.4. The van der Waals surface area contributed by atoms with Crippen molar-refractivity contribution in [3.8, 4) is 0 Å². The molecule has 0 aliphatic heterocycles. The number of aromatic nitrogens is 2. The van der Waals surface area contributed by atoms with E-state index in [-0.39, 0.29) is 11.5 Å². The van der Waals surface area contributed by atoms with Gasteiger partial charge in [-0.05, 0) is 26.3 Å². The van der Waals surface area contributed by atoms with E-state index in [4.69, 9.17) is 4.74 Å². The van der Waals surface area contributed by atoms with Crippen molar-refractivity contribution in [2.75, 3.05) is 0 Å². The summed E-state index contributed by atoms with van der Waals surface area (Å²) in [6, 6.07) is 0. The maximum absolute atomic E-state index is 12.1. The van der Waals surface area contributed by atoms with Crippen LogP contribution in [0.4, 0.5) is 0 Å². The summed E-state index contributed by atoms with van der Waals surface area (Å²) in [5, 5.41) is 0.625. The lowest BCUT2D eigenvalue weighted by molar-refractivity contribution is -0.148. The largest absolute Gasteiger partial charge is 0.454 e. The molecule has 1 atom stereocenters. The van der Waals surface area contributed by atoms with Crippen molar-refractivity contribution < 1.29 is 9.53 Å². The molecule has 0 radical (unpaired) electrons. The Morgan fingerprint density at radius 3 is 2.79 bits per heavy atom. The van der Waals surface area contributed by atoms with Crippen LogP contribution in [0.1, 0.15) is 42.6 Å². The number of fused-ring (bicyclic) bond motifs is 1. The highest BCUT2D eigenvalue weighted by Gasteiger charge is 2.17. The molecule has 1 N–H and O–H groups in total. The molecule has 102 valence electrons. The molecule has 0 saturated carbocycles. The summed E-state index contributed by atoms with van der Waals surface area (Å²) >= 11 is 1.48. The molecule has 0 saturated heterocycles. The van der Waals surface area contributed by atoms with Gasteiger partial charge in [-0.1, -0.05) is 6.92 Å². The lowest BCUT2D eigenvalue weighted by atomic mass is 10.2. The second-order valence-corrected chi connectivity index (χ2v) is 5.60. The molecule has 19 heavy (non-hydrogen) atoms. The van der Waals surface area contributed by atoms with Gasteiger partial charge in [0.15, 0.2) is 11.9 Å². The van der Waals surface area contributed by atoms with Gasteiger partial charge in [-0.15, -0.1) is 11.3 Å². The van der Waals surface area contributed by atoms with E-state index in [2.05, 4.69) is 9.97 Å². The first-order chi connectivity index (χ1) is 8.93. The quantitative estimate of drug-likeness (QED) is 0.877. The van der Waals surface area contributed by atoms with E-state index < -0.39 is 6.10 Å². The molecular weight excluding hydrogens is 264 g/mol. The SMILES string of the molecule is CCC(=O)O[C@@H](C)c1nc2sc(C)c(C)c2c(=O)[nH]1. The molecular formula is C13H16N2O3S. The van der Waals surface area contributed by atoms with E-state index >= 15 is 0 Å². The van der Waals surface area contributed by atoms with Crippen molar-refractivity contribution in [3.63, 3.8) is 0 Å². The van der Waals surface area contributed by atoms with Crippen LogP contribution < -0.4 is 5.56 Å². The van der Waals surface area contributed by atoms with Crippen molar-refractivity contribution >= 4 is 27.5 Å². The first kappa shape index (κ1) is 13.7. The zero-order valence-corrected chi connectivity index (χ0v) is 12.2. The van der Waals surface area contributed by atoms with Crippen molar-refractivity contribution in [3.05, 3.63) is 26.6 Å². The highest BCUT2D eigenvalue weighted by Crippen LogP contribution is 2.26. The molecule has 6 heteroatoms. The second kappa shape index (κ2) is 5.13. The van der Waals surface area contributed by atoms with E-state index in [1.165, 1.54) is 11.3 Å². The Morgan fingerprint density at radius 1 is 1.47 bits per heavy atom. The monoisotopic (exact) mass is 280 g/mol. The summed E-state index contributed by atoms with van der Waals surface area (Å²) < 4.78 is 5.16. The maximum atomic E-state index is 12.1. The number of nitrogens with one attached hydrogen (secondary N) is 1. The highest BCUT2D eigenvalue weighted by molar-refractivity contribution is 7.18. The number of carbonyl (C=O) groups is 1. The number of H-pyrrole nitrogens is 1. The van der Waals surface area contributed by atoms with Crippen molar-refractivity contribution in [2.45, 2.75) is 40.2 Å². The van der Waals surface area contributed by atoms with Crippen LogP contribution in [0.2, 0.25) is 0 Å². The summed E-state index contributed by atoms with van der Waals surface area (Å²) in [7, 11) is 0. The molecule has 0 spiro atoms. The van der Waals surface area contributed by atoms with Crippen molar-refractivity contribution in [2.24, 2.45) is 0 Å². The Kier molecular flexibility index (Phi) is 3.71. The van der Waals surface area contributed by atoms with Crippen molar-refractivity contribution in [1.29, 1.82) is 0 Å². The number of rotatable bonds is 3. The highest BCUT2D eigenvalue weighted by atomic mass is 32.1. The van der Waals surface area contributed by atoms with E-state index in [1.807, 2.05) is 13.8 Å². The van der Waals surface area contributed by atoms with Gasteiger partial charge in [-0.25, -0.2) is 4.98 Å². The first-order valence-electron chi connectivity index (χ1n) is 6.13. The molecule has 0 bridgehead atoms. The third-order valence-electron chi connectivity index (χ3n) is 3.04. The van der Waals surface area contributed by atoms with Gasteiger partial charge in [0.1, 0.15) is 4.83 Å². The van der Waals surface area contributed by atoms with Gasteiger partial charge < -0.3 is 9.72 Å². The predicted molar refractivity (Wildman–Crippen MR) is 74.5 cm³/mol. The van der Waals surface area contributed by atoms with Gasteiger partial charge in [0.2, 0.25) is 0 Å². The van der Waals surface area contributed by atoms with Crippen LogP contribution in [0.3, 0.4) is 0 Å². The molecule has 0 fully saturated rings. The van der Waals surface area contributed by atoms with Gasteiger partial charge in [-0.3, -0.25) is 9.59 Å². The van der Waals surface area contributed by atoms with Crippen LogP contribution in [-0.2, 0) is 9.53 Å². The number of hydrogen-bond donors (Lipinski definition) is 1.